The van der Waals surface area contributed by atoms with Gasteiger partial charge in [0.2, 0.25) is 5.91 Å². The number of rotatable bonds is 4. The quantitative estimate of drug-likeness (QED) is 0.930. The Morgan fingerprint density at radius 1 is 1.23 bits per heavy atom. The van der Waals surface area contributed by atoms with Crippen LogP contribution in [0.3, 0.4) is 0 Å². The molecule has 2 unspecified atom stereocenters. The fourth-order valence-corrected chi connectivity index (χ4v) is 3.31. The van der Waals surface area contributed by atoms with Gasteiger partial charge in [-0.05, 0) is 24.3 Å². The Bertz CT molecular complexity index is 539. The summed E-state index contributed by atoms with van der Waals surface area (Å²) in [6, 6.07) is 9.95. The topological polar surface area (TPSA) is 57.6 Å². The summed E-state index contributed by atoms with van der Waals surface area (Å²) in [5.41, 5.74) is 0.599. The molecule has 0 aliphatic carbocycles. The van der Waals surface area contributed by atoms with Crippen molar-refractivity contribution in [2.45, 2.75) is 33.6 Å². The van der Waals surface area contributed by atoms with Gasteiger partial charge in [0.1, 0.15) is 0 Å². The molecular formula is C18H25NO3. The van der Waals surface area contributed by atoms with E-state index in [9.17, 15) is 14.7 Å². The van der Waals surface area contributed by atoms with Gasteiger partial charge in [0.15, 0.2) is 0 Å². The van der Waals surface area contributed by atoms with Crippen molar-refractivity contribution in [3.05, 3.63) is 35.9 Å². The van der Waals surface area contributed by atoms with Crippen LogP contribution in [0.5, 0.6) is 0 Å². The van der Waals surface area contributed by atoms with E-state index < -0.39 is 17.3 Å². The van der Waals surface area contributed by atoms with Crippen molar-refractivity contribution >= 4 is 11.9 Å². The highest BCUT2D eigenvalue weighted by atomic mass is 16.4. The Labute approximate surface area is 132 Å². The maximum absolute atomic E-state index is 12.9. The summed E-state index contributed by atoms with van der Waals surface area (Å²) in [6.45, 7) is 6.88. The second-order valence-electron chi connectivity index (χ2n) is 7.13. The van der Waals surface area contributed by atoms with Gasteiger partial charge in [-0.3, -0.25) is 9.59 Å². The van der Waals surface area contributed by atoms with E-state index in [1.54, 1.807) is 4.90 Å². The molecule has 1 aromatic rings. The number of piperidine rings is 1. The summed E-state index contributed by atoms with van der Waals surface area (Å²) >= 11 is 0. The Morgan fingerprint density at radius 3 is 2.45 bits per heavy atom. The molecule has 0 bridgehead atoms. The molecule has 1 N–H and O–H groups in total. The highest BCUT2D eigenvalue weighted by Crippen LogP contribution is 2.29. The van der Waals surface area contributed by atoms with E-state index in [0.29, 0.717) is 25.9 Å². The molecule has 1 aromatic carbocycles. The summed E-state index contributed by atoms with van der Waals surface area (Å²) in [6.07, 6.45) is 1.31. The van der Waals surface area contributed by atoms with Crippen LogP contribution in [0.1, 0.15) is 32.8 Å². The number of hydrogen-bond acceptors (Lipinski definition) is 2. The molecule has 0 spiro atoms. The van der Waals surface area contributed by atoms with E-state index in [4.69, 9.17) is 0 Å². The SMILES string of the molecule is CC1CC(C(=O)O)CN(C(=O)C(C)(C)Cc2ccccc2)C1. The fourth-order valence-electron chi connectivity index (χ4n) is 3.31. The van der Waals surface area contributed by atoms with Crippen LogP contribution in [-0.2, 0) is 16.0 Å². The Kier molecular flexibility index (Phi) is 4.89. The summed E-state index contributed by atoms with van der Waals surface area (Å²) < 4.78 is 0. The molecular weight excluding hydrogens is 278 g/mol. The minimum Gasteiger partial charge on any atom is -0.481 e. The molecule has 1 aliphatic rings. The molecule has 22 heavy (non-hydrogen) atoms. The number of carbonyl (C=O) groups is 2. The number of carboxylic acids is 1. The molecule has 1 aliphatic heterocycles. The smallest absolute Gasteiger partial charge is 0.308 e. The molecule has 2 rings (SSSR count). The van der Waals surface area contributed by atoms with Gasteiger partial charge >= 0.3 is 5.97 Å². The zero-order valence-corrected chi connectivity index (χ0v) is 13.6. The van der Waals surface area contributed by atoms with Crippen molar-refractivity contribution in [1.29, 1.82) is 0 Å². The third-order valence-corrected chi connectivity index (χ3v) is 4.36. The number of hydrogen-bond donors (Lipinski definition) is 1. The van der Waals surface area contributed by atoms with Crippen LogP contribution in [0, 0.1) is 17.3 Å². The lowest BCUT2D eigenvalue weighted by atomic mass is 9.82. The first-order chi connectivity index (χ1) is 10.3. The molecule has 2 atom stereocenters. The van der Waals surface area contributed by atoms with E-state index in [-0.39, 0.29) is 11.8 Å². The fraction of sp³-hybridized carbons (Fsp3) is 0.556. The Hall–Kier alpha value is -1.84. The average molecular weight is 303 g/mol. The van der Waals surface area contributed by atoms with E-state index in [2.05, 4.69) is 0 Å². The van der Waals surface area contributed by atoms with Gasteiger partial charge in [0, 0.05) is 18.5 Å². The molecule has 1 amide bonds. The molecule has 0 radical (unpaired) electrons. The van der Waals surface area contributed by atoms with Gasteiger partial charge in [-0.2, -0.15) is 0 Å². The van der Waals surface area contributed by atoms with Crippen molar-refractivity contribution in [2.24, 2.45) is 17.3 Å². The molecule has 120 valence electrons. The van der Waals surface area contributed by atoms with E-state index in [1.165, 1.54) is 0 Å². The van der Waals surface area contributed by atoms with Crippen molar-refractivity contribution in [2.75, 3.05) is 13.1 Å². The lowest BCUT2D eigenvalue weighted by molar-refractivity contribution is -0.150. The maximum atomic E-state index is 12.9. The van der Waals surface area contributed by atoms with Gasteiger partial charge in [-0.25, -0.2) is 0 Å². The van der Waals surface area contributed by atoms with Crippen molar-refractivity contribution < 1.29 is 14.7 Å². The minimum absolute atomic E-state index is 0.0501. The van der Waals surface area contributed by atoms with Crippen LogP contribution >= 0.6 is 0 Å². The largest absolute Gasteiger partial charge is 0.481 e. The number of carbonyl (C=O) groups excluding carboxylic acids is 1. The highest BCUT2D eigenvalue weighted by molar-refractivity contribution is 5.83. The lowest BCUT2D eigenvalue weighted by Gasteiger charge is -2.39. The molecule has 4 heteroatoms. The first-order valence-electron chi connectivity index (χ1n) is 7.85. The van der Waals surface area contributed by atoms with Crippen LogP contribution in [0.2, 0.25) is 0 Å². The molecule has 0 aromatic heterocycles. The van der Waals surface area contributed by atoms with Gasteiger partial charge in [-0.1, -0.05) is 51.1 Å². The third-order valence-electron chi connectivity index (χ3n) is 4.36. The van der Waals surface area contributed by atoms with E-state index >= 15 is 0 Å². The molecule has 1 heterocycles. The highest BCUT2D eigenvalue weighted by Gasteiger charge is 2.38. The van der Waals surface area contributed by atoms with Crippen LogP contribution in [0.15, 0.2) is 30.3 Å². The van der Waals surface area contributed by atoms with Crippen LogP contribution in [-0.4, -0.2) is 35.0 Å². The van der Waals surface area contributed by atoms with E-state index in [0.717, 1.165) is 5.56 Å². The molecule has 0 saturated carbocycles. The predicted octanol–water partition coefficient (Wildman–Crippen LogP) is 2.82. The zero-order chi connectivity index (χ0) is 16.3. The minimum atomic E-state index is -0.801. The van der Waals surface area contributed by atoms with Gasteiger partial charge in [0.05, 0.1) is 5.92 Å². The van der Waals surface area contributed by atoms with Crippen molar-refractivity contribution in [1.82, 2.24) is 4.90 Å². The lowest BCUT2D eigenvalue weighted by Crippen LogP contribution is -2.50. The van der Waals surface area contributed by atoms with Crippen molar-refractivity contribution in [3.8, 4) is 0 Å². The molecule has 4 nitrogen and oxygen atoms in total. The first-order valence-corrected chi connectivity index (χ1v) is 7.85. The van der Waals surface area contributed by atoms with Gasteiger partial charge < -0.3 is 10.0 Å². The maximum Gasteiger partial charge on any atom is 0.308 e. The summed E-state index contributed by atoms with van der Waals surface area (Å²) in [5.74, 6) is -0.967. The number of likely N-dealkylation sites (tertiary alicyclic amines) is 1. The number of carboxylic acid groups (broad SMARTS) is 1. The summed E-state index contributed by atoms with van der Waals surface area (Å²) in [4.78, 5) is 25.9. The third kappa shape index (κ3) is 3.87. The monoisotopic (exact) mass is 303 g/mol. The number of benzene rings is 1. The Balaban J connectivity index is 2.10. The summed E-state index contributed by atoms with van der Waals surface area (Å²) in [7, 11) is 0. The second kappa shape index (κ2) is 6.51. The Morgan fingerprint density at radius 2 is 1.86 bits per heavy atom. The van der Waals surface area contributed by atoms with Gasteiger partial charge in [0.25, 0.3) is 0 Å². The zero-order valence-electron chi connectivity index (χ0n) is 13.6. The number of nitrogens with zero attached hydrogens (tertiary/aromatic N) is 1. The number of aliphatic carboxylic acids is 1. The normalized spacial score (nSPS) is 22.4. The van der Waals surface area contributed by atoms with Crippen LogP contribution < -0.4 is 0 Å². The predicted molar refractivity (Wildman–Crippen MR) is 85.4 cm³/mol. The molecule has 1 fully saturated rings. The summed E-state index contributed by atoms with van der Waals surface area (Å²) in [5, 5.41) is 9.26. The first kappa shape index (κ1) is 16.5. The molecule has 1 saturated heterocycles. The standard InChI is InChI=1S/C18H25NO3/c1-13-9-15(16(20)21)12-19(11-13)17(22)18(2,3)10-14-7-5-4-6-8-14/h4-8,13,15H,9-12H2,1-3H3,(H,20,21). The van der Waals surface area contributed by atoms with Gasteiger partial charge in [-0.15, -0.1) is 0 Å². The van der Waals surface area contributed by atoms with Crippen LogP contribution in [0.25, 0.3) is 0 Å². The van der Waals surface area contributed by atoms with Crippen molar-refractivity contribution in [3.63, 3.8) is 0 Å². The average Bonchev–Trinajstić information content (AvgIpc) is 2.46. The van der Waals surface area contributed by atoms with E-state index in [1.807, 2.05) is 51.1 Å². The number of amides is 1. The van der Waals surface area contributed by atoms with Crippen LogP contribution in [0.4, 0.5) is 0 Å². The second-order valence-corrected chi connectivity index (χ2v) is 7.13.